The molecule has 0 heterocycles. The van der Waals surface area contributed by atoms with Crippen LogP contribution in [0, 0.1) is 5.41 Å². The van der Waals surface area contributed by atoms with Crippen LogP contribution in [0.25, 0.3) is 0 Å². The zero-order valence-corrected chi connectivity index (χ0v) is 10.3. The van der Waals surface area contributed by atoms with Gasteiger partial charge in [0.05, 0.1) is 0 Å². The van der Waals surface area contributed by atoms with E-state index in [0.29, 0.717) is 12.8 Å². The van der Waals surface area contributed by atoms with Crippen LogP contribution in [-0.2, 0) is 9.59 Å². The number of hydrogen-bond acceptors (Lipinski definition) is 2. The third kappa shape index (κ3) is 7.06. The van der Waals surface area contributed by atoms with Gasteiger partial charge in [-0.15, -0.1) is 0 Å². The van der Waals surface area contributed by atoms with E-state index >= 15 is 0 Å². The van der Waals surface area contributed by atoms with Crippen molar-refractivity contribution in [2.75, 3.05) is 0 Å². The van der Waals surface area contributed by atoms with Gasteiger partial charge in [-0.05, 0) is 12.5 Å². The lowest BCUT2D eigenvalue weighted by molar-refractivity contribution is -0.128. The SMILES string of the molecule is CCC/C=C/C(=O)CCC(=O)C(C)(C)C. The maximum atomic E-state index is 11.5. The van der Waals surface area contributed by atoms with Crippen molar-refractivity contribution in [1.82, 2.24) is 0 Å². The molecule has 0 N–H and O–H groups in total. The molecule has 86 valence electrons. The lowest BCUT2D eigenvalue weighted by Crippen LogP contribution is -2.20. The van der Waals surface area contributed by atoms with Gasteiger partial charge in [0.15, 0.2) is 5.78 Å². The van der Waals surface area contributed by atoms with E-state index in [9.17, 15) is 9.59 Å². The Kier molecular flexibility index (Phi) is 6.14. The van der Waals surface area contributed by atoms with Gasteiger partial charge in [-0.3, -0.25) is 9.59 Å². The molecule has 0 atom stereocenters. The topological polar surface area (TPSA) is 34.1 Å². The summed E-state index contributed by atoms with van der Waals surface area (Å²) in [5.74, 6) is 0.209. The van der Waals surface area contributed by atoms with E-state index in [1.54, 1.807) is 6.08 Å². The Labute approximate surface area is 92.8 Å². The number of allylic oxidation sites excluding steroid dienone is 2. The summed E-state index contributed by atoms with van der Waals surface area (Å²) in [5.41, 5.74) is -0.326. The van der Waals surface area contributed by atoms with Gasteiger partial charge in [0.1, 0.15) is 5.78 Å². The molecule has 2 nitrogen and oxygen atoms in total. The van der Waals surface area contributed by atoms with Crippen LogP contribution in [0.5, 0.6) is 0 Å². The molecule has 15 heavy (non-hydrogen) atoms. The van der Waals surface area contributed by atoms with E-state index < -0.39 is 0 Å². The quantitative estimate of drug-likeness (QED) is 0.630. The van der Waals surface area contributed by atoms with Crippen LogP contribution in [0.2, 0.25) is 0 Å². The molecule has 0 amide bonds. The van der Waals surface area contributed by atoms with Crippen LogP contribution >= 0.6 is 0 Å². The molecule has 0 aromatic carbocycles. The molecule has 0 aromatic rings. The number of unbranched alkanes of at least 4 members (excludes halogenated alkanes) is 1. The first-order chi connectivity index (χ1) is 6.88. The van der Waals surface area contributed by atoms with Crippen molar-refractivity contribution >= 4 is 11.6 Å². The Bertz CT molecular complexity index is 244. The summed E-state index contributed by atoms with van der Waals surface area (Å²) in [5, 5.41) is 0. The van der Waals surface area contributed by atoms with Gasteiger partial charge in [0.2, 0.25) is 0 Å². The number of carbonyl (C=O) groups is 2. The predicted octanol–water partition coefficient (Wildman–Crippen LogP) is 3.31. The predicted molar refractivity (Wildman–Crippen MR) is 62.8 cm³/mol. The summed E-state index contributed by atoms with van der Waals surface area (Å²) >= 11 is 0. The van der Waals surface area contributed by atoms with E-state index in [-0.39, 0.29) is 17.0 Å². The van der Waals surface area contributed by atoms with Crippen molar-refractivity contribution in [3.05, 3.63) is 12.2 Å². The van der Waals surface area contributed by atoms with E-state index in [0.717, 1.165) is 12.8 Å². The molecule has 0 unspecified atom stereocenters. The molecule has 0 saturated heterocycles. The minimum absolute atomic E-state index is 0.0565. The highest BCUT2D eigenvalue weighted by Crippen LogP contribution is 2.17. The second kappa shape index (κ2) is 6.54. The number of ketones is 2. The largest absolute Gasteiger partial charge is 0.299 e. The fraction of sp³-hybridized carbons (Fsp3) is 0.692. The normalized spacial score (nSPS) is 12.0. The molecule has 0 aliphatic carbocycles. The molecule has 0 aliphatic rings. The smallest absolute Gasteiger partial charge is 0.155 e. The first-order valence-corrected chi connectivity index (χ1v) is 5.60. The third-order valence-corrected chi connectivity index (χ3v) is 2.19. The van der Waals surface area contributed by atoms with Crippen molar-refractivity contribution in [2.45, 2.75) is 53.4 Å². The average molecular weight is 210 g/mol. The number of carbonyl (C=O) groups excluding carboxylic acids is 2. The zero-order valence-electron chi connectivity index (χ0n) is 10.3. The van der Waals surface area contributed by atoms with Gasteiger partial charge in [-0.2, -0.15) is 0 Å². The van der Waals surface area contributed by atoms with Gasteiger partial charge >= 0.3 is 0 Å². The summed E-state index contributed by atoms with van der Waals surface area (Å²) in [4.78, 5) is 22.8. The fourth-order valence-corrected chi connectivity index (χ4v) is 1.08. The molecule has 0 fully saturated rings. The van der Waals surface area contributed by atoms with Crippen LogP contribution in [-0.4, -0.2) is 11.6 Å². The molecule has 0 saturated carbocycles. The Morgan fingerprint density at radius 1 is 1.13 bits per heavy atom. The Hall–Kier alpha value is -0.920. The molecular formula is C13H22O2. The number of hydrogen-bond donors (Lipinski definition) is 0. The van der Waals surface area contributed by atoms with Gasteiger partial charge in [-0.1, -0.05) is 40.2 Å². The molecule has 0 aromatic heterocycles. The highest BCUT2D eigenvalue weighted by atomic mass is 16.1. The summed E-state index contributed by atoms with van der Waals surface area (Å²) < 4.78 is 0. The van der Waals surface area contributed by atoms with Crippen LogP contribution in [0.4, 0.5) is 0 Å². The number of rotatable bonds is 6. The van der Waals surface area contributed by atoms with E-state index in [2.05, 4.69) is 6.92 Å². The lowest BCUT2D eigenvalue weighted by Gasteiger charge is -2.15. The van der Waals surface area contributed by atoms with Crippen LogP contribution in [0.3, 0.4) is 0 Å². The Balaban J connectivity index is 3.87. The maximum absolute atomic E-state index is 11.5. The minimum atomic E-state index is -0.326. The van der Waals surface area contributed by atoms with Crippen molar-refractivity contribution in [1.29, 1.82) is 0 Å². The highest BCUT2D eigenvalue weighted by Gasteiger charge is 2.20. The van der Waals surface area contributed by atoms with Crippen molar-refractivity contribution in [3.8, 4) is 0 Å². The molecule has 0 bridgehead atoms. The Morgan fingerprint density at radius 3 is 2.20 bits per heavy atom. The average Bonchev–Trinajstić information content (AvgIpc) is 2.13. The van der Waals surface area contributed by atoms with Gasteiger partial charge in [-0.25, -0.2) is 0 Å². The van der Waals surface area contributed by atoms with Crippen LogP contribution in [0.15, 0.2) is 12.2 Å². The van der Waals surface area contributed by atoms with E-state index in [4.69, 9.17) is 0 Å². The van der Waals surface area contributed by atoms with Crippen molar-refractivity contribution < 1.29 is 9.59 Å². The van der Waals surface area contributed by atoms with Crippen molar-refractivity contribution in [3.63, 3.8) is 0 Å². The molecule has 0 rings (SSSR count). The molecule has 0 spiro atoms. The van der Waals surface area contributed by atoms with Gasteiger partial charge in [0.25, 0.3) is 0 Å². The van der Waals surface area contributed by atoms with Crippen molar-refractivity contribution in [2.24, 2.45) is 5.41 Å². The second-order valence-electron chi connectivity index (χ2n) is 4.83. The van der Waals surface area contributed by atoms with Crippen LogP contribution in [0.1, 0.15) is 53.4 Å². The third-order valence-electron chi connectivity index (χ3n) is 2.19. The van der Waals surface area contributed by atoms with E-state index in [1.165, 1.54) is 0 Å². The van der Waals surface area contributed by atoms with E-state index in [1.807, 2.05) is 26.8 Å². The molecule has 2 heteroatoms. The summed E-state index contributed by atoms with van der Waals surface area (Å²) in [6, 6.07) is 0. The first kappa shape index (κ1) is 14.1. The fourth-order valence-electron chi connectivity index (χ4n) is 1.08. The summed E-state index contributed by atoms with van der Waals surface area (Å²) in [7, 11) is 0. The van der Waals surface area contributed by atoms with Crippen LogP contribution < -0.4 is 0 Å². The zero-order chi connectivity index (χ0) is 11.9. The summed E-state index contributed by atoms with van der Waals surface area (Å²) in [6.45, 7) is 7.71. The number of Topliss-reactive ketones (excluding diaryl/α,β-unsaturated/α-hetero) is 1. The summed E-state index contributed by atoms with van der Waals surface area (Å²) in [6.07, 6.45) is 6.15. The Morgan fingerprint density at radius 2 is 1.73 bits per heavy atom. The van der Waals surface area contributed by atoms with Gasteiger partial charge in [0, 0.05) is 18.3 Å². The monoisotopic (exact) mass is 210 g/mol. The van der Waals surface area contributed by atoms with Gasteiger partial charge < -0.3 is 0 Å². The standard InChI is InChI=1S/C13H22O2/c1-5-6-7-8-11(14)9-10-12(15)13(2,3)4/h7-8H,5-6,9-10H2,1-4H3/b8-7+. The molecular weight excluding hydrogens is 188 g/mol. The first-order valence-electron chi connectivity index (χ1n) is 5.60. The minimum Gasteiger partial charge on any atom is -0.299 e. The molecule has 0 aliphatic heterocycles. The highest BCUT2D eigenvalue weighted by molar-refractivity contribution is 5.94. The second-order valence-corrected chi connectivity index (χ2v) is 4.83. The maximum Gasteiger partial charge on any atom is 0.155 e. The molecule has 0 radical (unpaired) electrons. The lowest BCUT2D eigenvalue weighted by atomic mass is 9.88.